The highest BCUT2D eigenvalue weighted by Crippen LogP contribution is 2.17. The van der Waals surface area contributed by atoms with Crippen LogP contribution >= 0.6 is 0 Å². The first-order valence-electron chi connectivity index (χ1n) is 7.04. The van der Waals surface area contributed by atoms with Gasteiger partial charge in [-0.1, -0.05) is 12.1 Å². The fourth-order valence-electron chi connectivity index (χ4n) is 1.86. The number of nitriles is 1. The molecule has 1 aromatic rings. The van der Waals surface area contributed by atoms with Gasteiger partial charge in [-0.05, 0) is 52.3 Å². The zero-order chi connectivity index (χ0) is 16.0. The molecular formula is C17H23N3O. The predicted octanol–water partition coefficient (Wildman–Crippen LogP) is 3.14. The summed E-state index contributed by atoms with van der Waals surface area (Å²) < 4.78 is 0. The molecular weight excluding hydrogens is 262 g/mol. The van der Waals surface area contributed by atoms with Gasteiger partial charge in [0, 0.05) is 24.0 Å². The quantitative estimate of drug-likeness (QED) is 0.683. The molecule has 0 aliphatic heterocycles. The van der Waals surface area contributed by atoms with Crippen LogP contribution in [0, 0.1) is 18.3 Å². The highest BCUT2D eigenvalue weighted by Gasteiger charge is 2.18. The first-order valence-corrected chi connectivity index (χ1v) is 7.04. The van der Waals surface area contributed by atoms with Crippen LogP contribution in [0.25, 0.3) is 0 Å². The van der Waals surface area contributed by atoms with Gasteiger partial charge in [-0.15, -0.1) is 0 Å². The lowest BCUT2D eigenvalue weighted by Gasteiger charge is -2.22. The zero-order valence-electron chi connectivity index (χ0n) is 13.4. The van der Waals surface area contributed by atoms with Gasteiger partial charge in [0.1, 0.15) is 11.6 Å². The monoisotopic (exact) mass is 285 g/mol. The highest BCUT2D eigenvalue weighted by atomic mass is 16.1. The number of aryl methyl sites for hydroxylation is 1. The zero-order valence-corrected chi connectivity index (χ0v) is 13.4. The Balaban J connectivity index is 3.05. The van der Waals surface area contributed by atoms with Crippen LogP contribution in [0.2, 0.25) is 0 Å². The summed E-state index contributed by atoms with van der Waals surface area (Å²) in [6.45, 7) is 10.3. The summed E-state index contributed by atoms with van der Waals surface area (Å²) >= 11 is 0. The molecule has 21 heavy (non-hydrogen) atoms. The summed E-state index contributed by atoms with van der Waals surface area (Å²) in [5.41, 5.74) is 1.84. The normalized spacial score (nSPS) is 11.7. The topological polar surface area (TPSA) is 56.1 Å². The molecule has 0 bridgehead atoms. The van der Waals surface area contributed by atoms with Crippen LogP contribution in [-0.2, 0) is 4.79 Å². The first kappa shape index (κ1) is 16.8. The SMILES string of the molecule is CCN(/C=C(/C#N)C(=O)NC(C)(C)C)c1cccc(C)c1. The minimum Gasteiger partial charge on any atom is -0.347 e. The Morgan fingerprint density at radius 3 is 2.57 bits per heavy atom. The Labute approximate surface area is 127 Å². The van der Waals surface area contributed by atoms with Gasteiger partial charge in [-0.2, -0.15) is 5.26 Å². The third-order valence-electron chi connectivity index (χ3n) is 2.81. The average Bonchev–Trinajstić information content (AvgIpc) is 2.38. The van der Waals surface area contributed by atoms with Gasteiger partial charge < -0.3 is 10.2 Å². The van der Waals surface area contributed by atoms with Gasteiger partial charge in [-0.25, -0.2) is 0 Å². The lowest BCUT2D eigenvalue weighted by atomic mass is 10.1. The molecule has 0 saturated heterocycles. The van der Waals surface area contributed by atoms with E-state index in [9.17, 15) is 10.1 Å². The molecule has 112 valence electrons. The number of amides is 1. The minimum absolute atomic E-state index is 0.105. The molecule has 1 aromatic carbocycles. The molecule has 0 fully saturated rings. The molecule has 0 spiro atoms. The number of anilines is 1. The Kier molecular flexibility index (Phi) is 5.54. The summed E-state index contributed by atoms with van der Waals surface area (Å²) in [4.78, 5) is 14.0. The highest BCUT2D eigenvalue weighted by molar-refractivity contribution is 5.98. The number of hydrogen-bond acceptors (Lipinski definition) is 3. The van der Waals surface area contributed by atoms with Gasteiger partial charge in [0.05, 0.1) is 0 Å². The van der Waals surface area contributed by atoms with Gasteiger partial charge in [-0.3, -0.25) is 4.79 Å². The van der Waals surface area contributed by atoms with Crippen LogP contribution in [0.15, 0.2) is 36.0 Å². The molecule has 0 aromatic heterocycles. The lowest BCUT2D eigenvalue weighted by molar-refractivity contribution is -0.118. The lowest BCUT2D eigenvalue weighted by Crippen LogP contribution is -2.41. The Bertz CT molecular complexity index is 576. The Hall–Kier alpha value is -2.28. The molecule has 0 radical (unpaired) electrons. The number of carbonyl (C=O) groups is 1. The van der Waals surface area contributed by atoms with Crippen molar-refractivity contribution in [3.05, 3.63) is 41.6 Å². The Morgan fingerprint density at radius 2 is 2.10 bits per heavy atom. The summed E-state index contributed by atoms with van der Waals surface area (Å²) in [6, 6.07) is 9.94. The van der Waals surface area contributed by atoms with Crippen molar-refractivity contribution in [2.45, 2.75) is 40.2 Å². The fourth-order valence-corrected chi connectivity index (χ4v) is 1.86. The van der Waals surface area contributed by atoms with Crippen LogP contribution in [-0.4, -0.2) is 18.0 Å². The molecule has 0 aliphatic carbocycles. The largest absolute Gasteiger partial charge is 0.347 e. The molecule has 1 N–H and O–H groups in total. The van der Waals surface area contributed by atoms with Crippen molar-refractivity contribution in [3.8, 4) is 6.07 Å². The molecule has 0 saturated carbocycles. The minimum atomic E-state index is -0.368. The molecule has 0 atom stereocenters. The van der Waals surface area contributed by atoms with Gasteiger partial charge in [0.15, 0.2) is 0 Å². The van der Waals surface area contributed by atoms with E-state index >= 15 is 0 Å². The van der Waals surface area contributed by atoms with Gasteiger partial charge >= 0.3 is 0 Å². The Morgan fingerprint density at radius 1 is 1.43 bits per heavy atom. The van der Waals surface area contributed by atoms with E-state index in [2.05, 4.69) is 5.32 Å². The molecule has 1 rings (SSSR count). The van der Waals surface area contributed by atoms with Crippen molar-refractivity contribution in [2.75, 3.05) is 11.4 Å². The predicted molar refractivity (Wildman–Crippen MR) is 85.8 cm³/mol. The third kappa shape index (κ3) is 5.31. The summed E-state index contributed by atoms with van der Waals surface area (Å²) in [7, 11) is 0. The number of hydrogen-bond donors (Lipinski definition) is 1. The van der Waals surface area contributed by atoms with E-state index in [1.165, 1.54) is 0 Å². The summed E-state index contributed by atoms with van der Waals surface area (Å²) in [6.07, 6.45) is 1.61. The maximum atomic E-state index is 12.1. The van der Waals surface area contributed by atoms with E-state index in [-0.39, 0.29) is 17.0 Å². The number of benzene rings is 1. The number of carbonyl (C=O) groups excluding carboxylic acids is 1. The van der Waals surface area contributed by atoms with Crippen LogP contribution in [0.4, 0.5) is 5.69 Å². The molecule has 4 nitrogen and oxygen atoms in total. The molecule has 0 heterocycles. The van der Waals surface area contributed by atoms with Crippen LogP contribution < -0.4 is 10.2 Å². The van der Waals surface area contributed by atoms with E-state index in [1.54, 1.807) is 6.20 Å². The maximum absolute atomic E-state index is 12.1. The molecule has 1 amide bonds. The average molecular weight is 285 g/mol. The van der Waals surface area contributed by atoms with Crippen molar-refractivity contribution in [1.82, 2.24) is 5.32 Å². The number of nitrogens with zero attached hydrogens (tertiary/aromatic N) is 2. The van der Waals surface area contributed by atoms with Crippen LogP contribution in [0.1, 0.15) is 33.3 Å². The standard InChI is InChI=1S/C17H23N3O/c1-6-20(15-9-7-8-13(2)10-15)12-14(11-18)16(21)19-17(3,4)5/h7-10,12H,6H2,1-5H3,(H,19,21)/b14-12-. The van der Waals surface area contributed by atoms with E-state index in [0.717, 1.165) is 11.3 Å². The second-order valence-corrected chi connectivity index (χ2v) is 5.98. The van der Waals surface area contributed by atoms with E-state index in [1.807, 2.05) is 69.9 Å². The first-order chi connectivity index (χ1) is 9.76. The van der Waals surface area contributed by atoms with E-state index in [4.69, 9.17) is 0 Å². The fraction of sp³-hybridized carbons (Fsp3) is 0.412. The van der Waals surface area contributed by atoms with Crippen molar-refractivity contribution in [1.29, 1.82) is 5.26 Å². The van der Waals surface area contributed by atoms with Crippen molar-refractivity contribution >= 4 is 11.6 Å². The molecule has 0 unspecified atom stereocenters. The summed E-state index contributed by atoms with van der Waals surface area (Å²) in [5, 5.41) is 12.0. The second-order valence-electron chi connectivity index (χ2n) is 5.98. The van der Waals surface area contributed by atoms with Crippen molar-refractivity contribution in [3.63, 3.8) is 0 Å². The number of nitrogens with one attached hydrogen (secondary N) is 1. The molecule has 0 aliphatic rings. The van der Waals surface area contributed by atoms with Crippen molar-refractivity contribution < 1.29 is 4.79 Å². The van der Waals surface area contributed by atoms with E-state index in [0.29, 0.717) is 6.54 Å². The van der Waals surface area contributed by atoms with Gasteiger partial charge in [0.25, 0.3) is 5.91 Å². The third-order valence-corrected chi connectivity index (χ3v) is 2.81. The second kappa shape index (κ2) is 6.94. The summed E-state index contributed by atoms with van der Waals surface area (Å²) in [5.74, 6) is -0.351. The van der Waals surface area contributed by atoms with Gasteiger partial charge in [0.2, 0.25) is 0 Å². The van der Waals surface area contributed by atoms with E-state index < -0.39 is 0 Å². The molecule has 4 heteroatoms. The maximum Gasteiger partial charge on any atom is 0.263 e. The van der Waals surface area contributed by atoms with Crippen LogP contribution in [0.5, 0.6) is 0 Å². The van der Waals surface area contributed by atoms with Crippen LogP contribution in [0.3, 0.4) is 0 Å². The van der Waals surface area contributed by atoms with Crippen molar-refractivity contribution in [2.24, 2.45) is 0 Å². The number of rotatable bonds is 4. The smallest absolute Gasteiger partial charge is 0.263 e.